The van der Waals surface area contributed by atoms with E-state index in [0.717, 1.165) is 11.3 Å². The van der Waals surface area contributed by atoms with Gasteiger partial charge in [0.15, 0.2) is 0 Å². The topological polar surface area (TPSA) is 142 Å². The number of hydrogen-bond donors (Lipinski definition) is 2. The summed E-state index contributed by atoms with van der Waals surface area (Å²) in [7, 11) is 1.77. The average Bonchev–Trinajstić information content (AvgIpc) is 2.84. The highest BCUT2D eigenvalue weighted by molar-refractivity contribution is 6.04. The number of nitrogens with two attached hydrogens (primary N) is 1. The van der Waals surface area contributed by atoms with Crippen molar-refractivity contribution in [2.45, 2.75) is 44.9 Å². The van der Waals surface area contributed by atoms with Crippen LogP contribution in [-0.4, -0.2) is 78.6 Å². The number of carbonyl (C=O) groups excluding carboxylic acids is 2. The minimum atomic E-state index is -1.42. The Kier molecular flexibility index (Phi) is 5.51. The lowest BCUT2D eigenvalue weighted by molar-refractivity contribution is -0.148. The van der Waals surface area contributed by atoms with E-state index in [4.69, 9.17) is 10.7 Å². The summed E-state index contributed by atoms with van der Waals surface area (Å²) in [6, 6.07) is 3.49. The van der Waals surface area contributed by atoms with Gasteiger partial charge in [-0.1, -0.05) is 0 Å². The van der Waals surface area contributed by atoms with Crippen LogP contribution in [0.3, 0.4) is 0 Å². The van der Waals surface area contributed by atoms with Gasteiger partial charge in [0, 0.05) is 55.9 Å². The molecule has 3 amide bonds. The van der Waals surface area contributed by atoms with Crippen LogP contribution in [0.25, 0.3) is 22.3 Å². The molecule has 35 heavy (non-hydrogen) atoms. The number of pyridine rings is 2. The van der Waals surface area contributed by atoms with Crippen molar-refractivity contribution in [1.82, 2.24) is 29.7 Å². The Balaban J connectivity index is 1.54. The molecule has 2 aliphatic heterocycles. The summed E-state index contributed by atoms with van der Waals surface area (Å²) in [5.41, 5.74) is 8.55. The van der Waals surface area contributed by atoms with Gasteiger partial charge in [-0.2, -0.15) is 0 Å². The fourth-order valence-corrected chi connectivity index (χ4v) is 4.76. The lowest BCUT2D eigenvalue weighted by Crippen LogP contribution is -2.56. The highest BCUT2D eigenvalue weighted by Gasteiger charge is 2.39. The Morgan fingerprint density at radius 1 is 1.11 bits per heavy atom. The molecular weight excluding hydrogens is 448 g/mol. The summed E-state index contributed by atoms with van der Waals surface area (Å²) in [5.74, 6) is -0.118. The first kappa shape index (κ1) is 22.9. The summed E-state index contributed by atoms with van der Waals surface area (Å²) in [5, 5.41) is 10.1. The van der Waals surface area contributed by atoms with E-state index in [1.54, 1.807) is 35.4 Å². The van der Waals surface area contributed by atoms with E-state index in [1.807, 2.05) is 17.0 Å². The molecule has 3 N–H and O–H groups in total. The lowest BCUT2D eigenvalue weighted by atomic mass is 9.98. The van der Waals surface area contributed by atoms with Crippen LogP contribution in [0, 0.1) is 0 Å². The monoisotopic (exact) mass is 476 g/mol. The molecule has 0 unspecified atom stereocenters. The minimum Gasteiger partial charge on any atom is -0.381 e. The number of nitrogens with zero attached hydrogens (tertiary/aromatic N) is 7. The molecule has 5 rings (SSSR count). The fourth-order valence-electron chi connectivity index (χ4n) is 4.76. The average molecular weight is 477 g/mol. The number of hydrogen-bond acceptors (Lipinski definition) is 8. The van der Waals surface area contributed by atoms with Crippen LogP contribution in [0.4, 0.5) is 16.4 Å². The second-order valence-electron chi connectivity index (χ2n) is 9.62. The van der Waals surface area contributed by atoms with Gasteiger partial charge in [-0.25, -0.2) is 19.7 Å². The Bertz CT molecular complexity index is 1300. The van der Waals surface area contributed by atoms with E-state index in [0.29, 0.717) is 54.8 Å². The number of urea groups is 1. The van der Waals surface area contributed by atoms with Crippen LogP contribution in [0.2, 0.25) is 0 Å². The number of rotatable bonds is 3. The highest BCUT2D eigenvalue weighted by atomic mass is 16.3. The maximum atomic E-state index is 13.4. The van der Waals surface area contributed by atoms with Crippen LogP contribution in [0.15, 0.2) is 30.7 Å². The Morgan fingerprint density at radius 2 is 1.80 bits per heavy atom. The lowest BCUT2D eigenvalue weighted by Gasteiger charge is -2.43. The molecule has 0 spiro atoms. The van der Waals surface area contributed by atoms with E-state index in [-0.39, 0.29) is 23.9 Å². The Hall–Kier alpha value is -3.86. The number of fused-ring (bicyclic) bond motifs is 3. The van der Waals surface area contributed by atoms with Crippen molar-refractivity contribution in [3.8, 4) is 11.3 Å². The number of carbonyl (C=O) groups is 2. The molecule has 0 saturated carbocycles. The largest absolute Gasteiger partial charge is 0.381 e. The predicted octanol–water partition coefficient (Wildman–Crippen LogP) is 1.80. The second kappa shape index (κ2) is 8.42. The van der Waals surface area contributed by atoms with Crippen molar-refractivity contribution in [2.24, 2.45) is 0 Å². The predicted molar refractivity (Wildman–Crippen MR) is 130 cm³/mol. The van der Waals surface area contributed by atoms with E-state index in [1.165, 1.54) is 13.8 Å². The van der Waals surface area contributed by atoms with Crippen molar-refractivity contribution in [3.63, 3.8) is 0 Å². The van der Waals surface area contributed by atoms with Crippen LogP contribution in [0.1, 0.15) is 32.3 Å². The molecule has 11 heteroatoms. The molecule has 1 saturated heterocycles. The third-order valence-electron chi connectivity index (χ3n) is 6.55. The Labute approximate surface area is 202 Å². The number of aromatic nitrogens is 4. The summed E-state index contributed by atoms with van der Waals surface area (Å²) in [6.07, 6.45) is 6.22. The molecule has 182 valence electrons. The SMILES string of the molecule is CN1Cc2cnc3ccc(-c4cnc(N)nc4)nc3c2N(C2CCN(C(=O)C(C)(C)O)CC2)C1=O. The van der Waals surface area contributed by atoms with Gasteiger partial charge in [0.05, 0.1) is 23.4 Å². The number of amides is 3. The summed E-state index contributed by atoms with van der Waals surface area (Å²) in [6.45, 7) is 4.34. The zero-order valence-electron chi connectivity index (χ0n) is 20.0. The molecule has 1 fully saturated rings. The zero-order chi connectivity index (χ0) is 24.9. The molecule has 11 nitrogen and oxygen atoms in total. The quantitative estimate of drug-likeness (QED) is 0.583. The van der Waals surface area contributed by atoms with Crippen LogP contribution in [-0.2, 0) is 11.3 Å². The van der Waals surface area contributed by atoms with Crippen molar-refractivity contribution in [3.05, 3.63) is 36.3 Å². The first-order valence-electron chi connectivity index (χ1n) is 11.6. The van der Waals surface area contributed by atoms with Gasteiger partial charge in [0.2, 0.25) is 5.95 Å². The second-order valence-corrected chi connectivity index (χ2v) is 9.62. The number of nitrogen functional groups attached to an aromatic ring is 1. The van der Waals surface area contributed by atoms with Gasteiger partial charge in [-0.15, -0.1) is 0 Å². The van der Waals surface area contributed by atoms with E-state index >= 15 is 0 Å². The molecule has 5 heterocycles. The van der Waals surface area contributed by atoms with E-state index < -0.39 is 5.60 Å². The van der Waals surface area contributed by atoms with Crippen LogP contribution < -0.4 is 10.6 Å². The van der Waals surface area contributed by atoms with E-state index in [2.05, 4.69) is 15.0 Å². The molecule has 3 aromatic rings. The van der Waals surface area contributed by atoms with Gasteiger partial charge in [-0.05, 0) is 38.8 Å². The molecule has 0 bridgehead atoms. The normalized spacial score (nSPS) is 17.1. The molecule has 3 aromatic heterocycles. The number of aliphatic hydroxyl groups is 1. The van der Waals surface area contributed by atoms with Crippen molar-refractivity contribution in [1.29, 1.82) is 0 Å². The molecule has 0 atom stereocenters. The first-order chi connectivity index (χ1) is 16.6. The van der Waals surface area contributed by atoms with Crippen molar-refractivity contribution < 1.29 is 14.7 Å². The Morgan fingerprint density at radius 3 is 2.46 bits per heavy atom. The zero-order valence-corrected chi connectivity index (χ0v) is 20.0. The molecule has 0 aromatic carbocycles. The maximum Gasteiger partial charge on any atom is 0.324 e. The maximum absolute atomic E-state index is 13.4. The van der Waals surface area contributed by atoms with Crippen molar-refractivity contribution in [2.75, 3.05) is 30.8 Å². The number of likely N-dealkylation sites (tertiary alicyclic amines) is 1. The third kappa shape index (κ3) is 4.12. The molecule has 0 aliphatic carbocycles. The van der Waals surface area contributed by atoms with Gasteiger partial charge >= 0.3 is 6.03 Å². The number of piperidine rings is 1. The van der Waals surface area contributed by atoms with E-state index in [9.17, 15) is 14.7 Å². The molecular formula is C24H28N8O3. The summed E-state index contributed by atoms with van der Waals surface area (Å²) >= 11 is 0. The number of anilines is 2. The summed E-state index contributed by atoms with van der Waals surface area (Å²) < 4.78 is 0. The van der Waals surface area contributed by atoms with Gasteiger partial charge in [-0.3, -0.25) is 14.7 Å². The fraction of sp³-hybridized carbons (Fsp3) is 0.417. The van der Waals surface area contributed by atoms with Crippen LogP contribution in [0.5, 0.6) is 0 Å². The smallest absolute Gasteiger partial charge is 0.324 e. The summed E-state index contributed by atoms with van der Waals surface area (Å²) in [4.78, 5) is 48.7. The highest BCUT2D eigenvalue weighted by Crippen LogP contribution is 2.37. The van der Waals surface area contributed by atoms with Crippen molar-refractivity contribution >= 4 is 34.6 Å². The van der Waals surface area contributed by atoms with Gasteiger partial charge < -0.3 is 20.6 Å². The van der Waals surface area contributed by atoms with Crippen LogP contribution >= 0.6 is 0 Å². The van der Waals surface area contributed by atoms with Gasteiger partial charge in [0.1, 0.15) is 11.1 Å². The first-order valence-corrected chi connectivity index (χ1v) is 11.6. The molecule has 2 aliphatic rings. The van der Waals surface area contributed by atoms with Gasteiger partial charge in [0.25, 0.3) is 5.91 Å². The standard InChI is InChI=1S/C24H28N8O3/c1-24(2,35)21(33)31-8-6-16(7-9-31)32-20-15(13-30(3)23(32)34)12-26-18-5-4-17(29-19(18)20)14-10-27-22(25)28-11-14/h4-5,10-12,16,35H,6-9,13H2,1-3H3,(H2,25,27,28). The minimum absolute atomic E-state index is 0.111. The molecule has 0 radical (unpaired) electrons. The third-order valence-corrected chi connectivity index (χ3v) is 6.55.